The van der Waals surface area contributed by atoms with Crippen LogP contribution in [0.3, 0.4) is 0 Å². The van der Waals surface area contributed by atoms with E-state index in [9.17, 15) is 53.8 Å². The zero-order valence-corrected chi connectivity index (χ0v) is 33.0. The second-order valence-corrected chi connectivity index (χ2v) is 13.4. The number of carbonyl (C=O) groups is 3. The number of ketones is 3. The summed E-state index contributed by atoms with van der Waals surface area (Å²) < 4.78 is 41.6. The topological polar surface area (TPSA) is 200 Å². The Morgan fingerprint density at radius 2 is 0.833 bits per heavy atom. The van der Waals surface area contributed by atoms with Crippen molar-refractivity contribution < 1.29 is 68.0 Å². The third-order valence-corrected chi connectivity index (χ3v) is 8.66. The number of hydrogen-bond donors (Lipinski definition) is 6. The number of phenolic OH excluding ortho intramolecular Hbond substituents is 6. The first-order chi connectivity index (χ1) is 28.4. The minimum Gasteiger partial charge on any atom is -0.508 e. The summed E-state index contributed by atoms with van der Waals surface area (Å²) >= 11 is 5.74. The minimum atomic E-state index is -0.564. The molecule has 0 heterocycles. The SMILES string of the molecule is Cc1cc(C(=O)COc2ccc(Cl)cc2)c(O)cc1O.Cc1cc(C(=O)COc2ccc(F)cc2)c(O)cc1O.Cc1cc(C(=O)COc2ccccc2F)c(O)cc1O. The van der Waals surface area contributed by atoms with Gasteiger partial charge in [-0.2, -0.15) is 0 Å². The summed E-state index contributed by atoms with van der Waals surface area (Å²) in [5.41, 5.74) is 1.66. The molecular formula is C45H39ClF2O12. The van der Waals surface area contributed by atoms with E-state index in [4.69, 9.17) is 25.8 Å². The number of halogens is 3. The van der Waals surface area contributed by atoms with Crippen molar-refractivity contribution in [2.75, 3.05) is 19.8 Å². The van der Waals surface area contributed by atoms with Gasteiger partial charge in [-0.25, -0.2) is 8.78 Å². The molecule has 312 valence electrons. The molecule has 0 aromatic heterocycles. The Hall–Kier alpha value is -7.32. The summed E-state index contributed by atoms with van der Waals surface area (Å²) in [6, 6.07) is 25.1. The lowest BCUT2D eigenvalue weighted by atomic mass is 10.1. The lowest BCUT2D eigenvalue weighted by molar-refractivity contribution is 0.0909. The minimum absolute atomic E-state index is 0.0247. The van der Waals surface area contributed by atoms with Gasteiger partial charge in [0.25, 0.3) is 0 Å². The molecule has 6 N–H and O–H groups in total. The molecule has 0 bridgehead atoms. The van der Waals surface area contributed by atoms with E-state index in [2.05, 4.69) is 0 Å². The molecule has 0 saturated heterocycles. The highest BCUT2D eigenvalue weighted by molar-refractivity contribution is 6.30. The highest BCUT2D eigenvalue weighted by Crippen LogP contribution is 2.30. The number of aryl methyl sites for hydroxylation is 3. The van der Waals surface area contributed by atoms with Gasteiger partial charge in [-0.15, -0.1) is 0 Å². The first-order valence-electron chi connectivity index (χ1n) is 17.7. The molecule has 0 atom stereocenters. The summed E-state index contributed by atoms with van der Waals surface area (Å²) in [6.07, 6.45) is 0. The normalized spacial score (nSPS) is 10.3. The van der Waals surface area contributed by atoms with Gasteiger partial charge < -0.3 is 44.8 Å². The van der Waals surface area contributed by atoms with E-state index >= 15 is 0 Å². The maximum atomic E-state index is 13.3. The molecule has 0 spiro atoms. The first-order valence-corrected chi connectivity index (χ1v) is 18.1. The molecule has 0 saturated carbocycles. The van der Waals surface area contributed by atoms with Gasteiger partial charge in [0.2, 0.25) is 17.3 Å². The van der Waals surface area contributed by atoms with E-state index in [1.165, 1.54) is 60.7 Å². The molecule has 0 fully saturated rings. The van der Waals surface area contributed by atoms with Crippen molar-refractivity contribution in [3.8, 4) is 51.7 Å². The third-order valence-electron chi connectivity index (χ3n) is 8.41. The number of Topliss-reactive ketones (excluding diaryl/α,β-unsaturated/α-hetero) is 3. The number of rotatable bonds is 12. The largest absolute Gasteiger partial charge is 0.508 e. The maximum absolute atomic E-state index is 13.3. The molecule has 6 rings (SSSR count). The highest BCUT2D eigenvalue weighted by Gasteiger charge is 2.17. The molecule has 60 heavy (non-hydrogen) atoms. The second kappa shape index (κ2) is 20.9. The summed E-state index contributed by atoms with van der Waals surface area (Å²) in [5, 5.41) is 57.7. The Balaban J connectivity index is 0.000000198. The van der Waals surface area contributed by atoms with Gasteiger partial charge in [-0.3, -0.25) is 14.4 Å². The molecule has 0 aliphatic rings. The molecule has 0 amide bonds. The third kappa shape index (κ3) is 12.8. The fraction of sp³-hybridized carbons (Fsp3) is 0.133. The van der Waals surface area contributed by atoms with Crippen LogP contribution >= 0.6 is 11.6 Å². The van der Waals surface area contributed by atoms with Gasteiger partial charge in [-0.1, -0.05) is 23.7 Å². The van der Waals surface area contributed by atoms with Crippen molar-refractivity contribution in [3.63, 3.8) is 0 Å². The Kier molecular flexibility index (Phi) is 15.8. The van der Waals surface area contributed by atoms with Crippen LogP contribution in [0.15, 0.2) is 109 Å². The predicted octanol–water partition coefficient (Wildman–Crippen LogP) is 8.94. The van der Waals surface area contributed by atoms with Crippen molar-refractivity contribution in [1.82, 2.24) is 0 Å². The van der Waals surface area contributed by atoms with E-state index in [1.807, 2.05) is 0 Å². The van der Waals surface area contributed by atoms with Crippen molar-refractivity contribution >= 4 is 29.0 Å². The highest BCUT2D eigenvalue weighted by atomic mass is 35.5. The molecule has 0 radical (unpaired) electrons. The smallest absolute Gasteiger partial charge is 0.203 e. The summed E-state index contributed by atoms with van der Waals surface area (Å²) in [6.45, 7) is 3.96. The van der Waals surface area contributed by atoms with Crippen molar-refractivity contribution in [1.29, 1.82) is 0 Å². The lowest BCUT2D eigenvalue weighted by Gasteiger charge is -2.09. The van der Waals surface area contributed by atoms with E-state index in [1.54, 1.807) is 51.1 Å². The van der Waals surface area contributed by atoms with E-state index in [0.29, 0.717) is 33.2 Å². The van der Waals surface area contributed by atoms with Crippen LogP contribution in [0.25, 0.3) is 0 Å². The fourth-order valence-corrected chi connectivity index (χ4v) is 5.15. The molecule has 6 aromatic carbocycles. The van der Waals surface area contributed by atoms with E-state index in [0.717, 1.165) is 18.2 Å². The zero-order chi connectivity index (χ0) is 44.1. The van der Waals surface area contributed by atoms with Crippen molar-refractivity contribution in [2.24, 2.45) is 0 Å². The fourth-order valence-electron chi connectivity index (χ4n) is 5.02. The van der Waals surface area contributed by atoms with Crippen LogP contribution in [0.4, 0.5) is 8.78 Å². The number of aromatic hydroxyl groups is 6. The zero-order valence-electron chi connectivity index (χ0n) is 32.3. The summed E-state index contributed by atoms with van der Waals surface area (Å²) in [4.78, 5) is 35.8. The van der Waals surface area contributed by atoms with Crippen LogP contribution in [-0.4, -0.2) is 67.8 Å². The van der Waals surface area contributed by atoms with Gasteiger partial charge in [0, 0.05) is 23.2 Å². The molecule has 6 aromatic rings. The maximum Gasteiger partial charge on any atom is 0.203 e. The van der Waals surface area contributed by atoms with Crippen LogP contribution in [-0.2, 0) is 0 Å². The predicted molar refractivity (Wildman–Crippen MR) is 217 cm³/mol. The van der Waals surface area contributed by atoms with Crippen LogP contribution in [0.5, 0.6) is 51.7 Å². The number of carbonyl (C=O) groups excluding carboxylic acids is 3. The first kappa shape index (κ1) is 45.4. The second-order valence-electron chi connectivity index (χ2n) is 12.9. The lowest BCUT2D eigenvalue weighted by Crippen LogP contribution is -2.12. The Labute approximate surface area is 347 Å². The van der Waals surface area contributed by atoms with Gasteiger partial charge in [-0.05, 0) is 116 Å². The van der Waals surface area contributed by atoms with E-state index < -0.39 is 29.8 Å². The number of ether oxygens (including phenoxy) is 3. The van der Waals surface area contributed by atoms with Crippen molar-refractivity contribution in [3.05, 3.63) is 159 Å². The molecule has 0 aliphatic heterocycles. The van der Waals surface area contributed by atoms with Crippen LogP contribution in [0.2, 0.25) is 5.02 Å². The number of hydrogen-bond acceptors (Lipinski definition) is 12. The number of phenols is 6. The monoisotopic (exact) mass is 844 g/mol. The van der Waals surface area contributed by atoms with Crippen LogP contribution < -0.4 is 14.2 Å². The molecular weight excluding hydrogens is 806 g/mol. The van der Waals surface area contributed by atoms with Gasteiger partial charge in [0.1, 0.15) is 51.8 Å². The van der Waals surface area contributed by atoms with Crippen molar-refractivity contribution in [2.45, 2.75) is 20.8 Å². The Morgan fingerprint density at radius 1 is 0.483 bits per heavy atom. The Bertz CT molecular complexity index is 2360. The molecule has 0 unspecified atom stereocenters. The quantitative estimate of drug-likeness (QED) is 0.0640. The molecule has 12 nitrogen and oxygen atoms in total. The molecule has 15 heteroatoms. The van der Waals surface area contributed by atoms with E-state index in [-0.39, 0.29) is 75.9 Å². The van der Waals surface area contributed by atoms with Gasteiger partial charge >= 0.3 is 0 Å². The van der Waals surface area contributed by atoms with Gasteiger partial charge in [0.15, 0.2) is 31.4 Å². The van der Waals surface area contributed by atoms with Crippen LogP contribution in [0.1, 0.15) is 47.8 Å². The summed E-state index contributed by atoms with van der Waals surface area (Å²) in [7, 11) is 0. The van der Waals surface area contributed by atoms with Crippen LogP contribution in [0, 0.1) is 32.4 Å². The average Bonchev–Trinajstić information content (AvgIpc) is 3.21. The number of benzene rings is 6. The number of para-hydroxylation sites is 1. The average molecular weight is 845 g/mol. The summed E-state index contributed by atoms with van der Waals surface area (Å²) in [5.74, 6) is -2.59. The van der Waals surface area contributed by atoms with Gasteiger partial charge in [0.05, 0.1) is 16.7 Å². The standard InChI is InChI=1S/C15H13ClO4.2C15H13FO4/c2*1-9-6-12(14(18)7-13(9)17)15(19)8-20-11-4-2-10(16)3-5-11;1-9-6-10(13(18)7-12(9)17)14(19)8-20-15-5-3-2-4-11(15)16/h3*2-7,17-18H,8H2,1H3. The Morgan fingerprint density at radius 3 is 1.22 bits per heavy atom. The molecule has 0 aliphatic carbocycles.